The average molecular weight is 313 g/mol. The maximum Gasteiger partial charge on any atom is 0.337 e. The van der Waals surface area contributed by atoms with E-state index < -0.39 is 5.97 Å². The predicted octanol–water partition coefficient (Wildman–Crippen LogP) is 2.68. The summed E-state index contributed by atoms with van der Waals surface area (Å²) in [6.07, 6.45) is 2.03. The summed E-state index contributed by atoms with van der Waals surface area (Å²) < 4.78 is 5.47. The Bertz CT molecular complexity index is 544. The number of carbonyl (C=O) groups excluding carboxylic acids is 1. The molecule has 1 unspecified atom stereocenters. The number of halogens is 1. The molecule has 2 N–H and O–H groups in total. The Morgan fingerprint density at radius 3 is 2.90 bits per heavy atom. The zero-order chi connectivity index (χ0) is 15.4. The Kier molecular flexibility index (Phi) is 5.03. The molecule has 0 bridgehead atoms. The van der Waals surface area contributed by atoms with Crippen molar-refractivity contribution in [2.24, 2.45) is 0 Å². The van der Waals surface area contributed by atoms with Gasteiger partial charge in [-0.05, 0) is 31.0 Å². The number of rotatable bonds is 4. The number of benzene rings is 1. The van der Waals surface area contributed by atoms with Crippen molar-refractivity contribution in [1.82, 2.24) is 4.90 Å². The molecule has 114 valence electrons. The maximum atomic E-state index is 12.0. The summed E-state index contributed by atoms with van der Waals surface area (Å²) in [6, 6.07) is 4.03. The first-order chi connectivity index (χ1) is 9.97. The van der Waals surface area contributed by atoms with E-state index in [0.29, 0.717) is 12.2 Å². The molecular formula is C14H17ClN2O4. The Hall–Kier alpha value is -1.79. The second kappa shape index (κ2) is 6.78. The van der Waals surface area contributed by atoms with Crippen molar-refractivity contribution in [3.63, 3.8) is 0 Å². The quantitative estimate of drug-likeness (QED) is 0.896. The molecule has 2 amide bonds. The number of ether oxygens (including phenoxy) is 1. The lowest BCUT2D eigenvalue weighted by molar-refractivity contribution is 0.0697. The van der Waals surface area contributed by atoms with E-state index in [0.717, 1.165) is 19.4 Å². The molecule has 1 aromatic carbocycles. The summed E-state index contributed by atoms with van der Waals surface area (Å²) in [5.41, 5.74) is 0.345. The molecule has 0 saturated carbocycles. The Morgan fingerprint density at radius 1 is 1.52 bits per heavy atom. The van der Waals surface area contributed by atoms with Gasteiger partial charge in [0.25, 0.3) is 0 Å². The lowest BCUT2D eigenvalue weighted by atomic mass is 10.2. The van der Waals surface area contributed by atoms with Gasteiger partial charge in [0.15, 0.2) is 0 Å². The number of carbonyl (C=O) groups is 2. The highest BCUT2D eigenvalue weighted by atomic mass is 35.5. The van der Waals surface area contributed by atoms with Crippen LogP contribution >= 0.6 is 11.6 Å². The van der Waals surface area contributed by atoms with Gasteiger partial charge in [-0.15, -0.1) is 0 Å². The smallest absolute Gasteiger partial charge is 0.337 e. The van der Waals surface area contributed by atoms with Crippen LogP contribution in [0.2, 0.25) is 5.02 Å². The van der Waals surface area contributed by atoms with Crippen molar-refractivity contribution in [1.29, 1.82) is 0 Å². The molecule has 1 heterocycles. The van der Waals surface area contributed by atoms with E-state index in [2.05, 4.69) is 5.32 Å². The SMILES string of the molecule is CN(CC1CCCO1)C(=O)Nc1ccc(Cl)c(C(=O)O)c1. The van der Waals surface area contributed by atoms with Crippen LogP contribution in [-0.4, -0.2) is 48.3 Å². The fourth-order valence-electron chi connectivity index (χ4n) is 2.16. The molecule has 0 aliphatic carbocycles. The molecule has 2 rings (SSSR count). The summed E-state index contributed by atoms with van der Waals surface area (Å²) in [4.78, 5) is 24.6. The molecule has 21 heavy (non-hydrogen) atoms. The van der Waals surface area contributed by atoms with Crippen molar-refractivity contribution in [3.8, 4) is 0 Å². The minimum Gasteiger partial charge on any atom is -0.478 e. The lowest BCUT2D eigenvalue weighted by Gasteiger charge is -2.21. The number of hydrogen-bond acceptors (Lipinski definition) is 3. The van der Waals surface area contributed by atoms with Crippen LogP contribution in [-0.2, 0) is 4.74 Å². The van der Waals surface area contributed by atoms with E-state index in [1.54, 1.807) is 13.1 Å². The first kappa shape index (κ1) is 15.6. The maximum absolute atomic E-state index is 12.0. The number of amides is 2. The van der Waals surface area contributed by atoms with Crippen molar-refractivity contribution in [3.05, 3.63) is 28.8 Å². The summed E-state index contributed by atoms with van der Waals surface area (Å²) in [6.45, 7) is 1.24. The molecule has 1 aliphatic heterocycles. The number of anilines is 1. The van der Waals surface area contributed by atoms with E-state index in [4.69, 9.17) is 21.4 Å². The van der Waals surface area contributed by atoms with Gasteiger partial charge in [0.1, 0.15) is 0 Å². The van der Waals surface area contributed by atoms with Crippen LogP contribution in [0, 0.1) is 0 Å². The van der Waals surface area contributed by atoms with Crippen LogP contribution < -0.4 is 5.32 Å². The first-order valence-corrected chi connectivity index (χ1v) is 7.01. The van der Waals surface area contributed by atoms with Crippen LogP contribution in [0.1, 0.15) is 23.2 Å². The van der Waals surface area contributed by atoms with E-state index in [1.807, 2.05) is 0 Å². The van der Waals surface area contributed by atoms with Gasteiger partial charge < -0.3 is 20.1 Å². The van der Waals surface area contributed by atoms with Gasteiger partial charge >= 0.3 is 12.0 Å². The molecule has 0 radical (unpaired) electrons. The summed E-state index contributed by atoms with van der Waals surface area (Å²) >= 11 is 5.78. The second-order valence-corrected chi connectivity index (χ2v) is 5.35. The van der Waals surface area contributed by atoms with Crippen LogP contribution in [0.15, 0.2) is 18.2 Å². The molecule has 1 fully saturated rings. The van der Waals surface area contributed by atoms with Crippen molar-refractivity contribution < 1.29 is 19.4 Å². The third kappa shape index (κ3) is 4.09. The average Bonchev–Trinajstić information content (AvgIpc) is 2.93. The van der Waals surface area contributed by atoms with E-state index in [9.17, 15) is 9.59 Å². The highest BCUT2D eigenvalue weighted by molar-refractivity contribution is 6.33. The van der Waals surface area contributed by atoms with Crippen LogP contribution in [0.4, 0.5) is 10.5 Å². The Morgan fingerprint density at radius 2 is 2.29 bits per heavy atom. The van der Waals surface area contributed by atoms with Gasteiger partial charge in [-0.2, -0.15) is 0 Å². The van der Waals surface area contributed by atoms with E-state index >= 15 is 0 Å². The standard InChI is InChI=1S/C14H17ClN2O4/c1-17(8-10-3-2-6-21-10)14(20)16-9-4-5-12(15)11(7-9)13(18)19/h4-5,7,10H,2-3,6,8H2,1H3,(H,16,20)(H,18,19). The number of nitrogens with zero attached hydrogens (tertiary/aromatic N) is 1. The molecule has 1 atom stereocenters. The van der Waals surface area contributed by atoms with Gasteiger partial charge in [-0.1, -0.05) is 11.6 Å². The number of carboxylic acids is 1. The van der Waals surface area contributed by atoms with Crippen molar-refractivity contribution >= 4 is 29.3 Å². The third-order valence-electron chi connectivity index (χ3n) is 3.30. The first-order valence-electron chi connectivity index (χ1n) is 6.64. The number of nitrogens with one attached hydrogen (secondary N) is 1. The molecular weight excluding hydrogens is 296 g/mol. The zero-order valence-electron chi connectivity index (χ0n) is 11.6. The van der Waals surface area contributed by atoms with Crippen LogP contribution in [0.25, 0.3) is 0 Å². The highest BCUT2D eigenvalue weighted by Crippen LogP contribution is 2.21. The van der Waals surface area contributed by atoms with E-state index in [1.165, 1.54) is 17.0 Å². The minimum absolute atomic E-state index is 0.0451. The molecule has 7 heteroatoms. The van der Waals surface area contributed by atoms with Crippen LogP contribution in [0.5, 0.6) is 0 Å². The third-order valence-corrected chi connectivity index (χ3v) is 3.63. The Balaban J connectivity index is 1.98. The fraction of sp³-hybridized carbons (Fsp3) is 0.429. The van der Waals surface area contributed by atoms with E-state index in [-0.39, 0.29) is 22.7 Å². The molecule has 0 spiro atoms. The number of aromatic carboxylic acids is 1. The topological polar surface area (TPSA) is 78.9 Å². The highest BCUT2D eigenvalue weighted by Gasteiger charge is 2.20. The van der Waals surface area contributed by atoms with Crippen molar-refractivity contribution in [2.45, 2.75) is 18.9 Å². The predicted molar refractivity (Wildman–Crippen MR) is 79.0 cm³/mol. The number of carboxylic acid groups (broad SMARTS) is 1. The molecule has 0 aromatic heterocycles. The van der Waals surface area contributed by atoms with Crippen molar-refractivity contribution in [2.75, 3.05) is 25.5 Å². The normalized spacial score (nSPS) is 17.5. The molecule has 1 aromatic rings. The largest absolute Gasteiger partial charge is 0.478 e. The van der Waals surface area contributed by atoms with Gasteiger partial charge in [-0.25, -0.2) is 9.59 Å². The van der Waals surface area contributed by atoms with Gasteiger partial charge in [-0.3, -0.25) is 0 Å². The number of hydrogen-bond donors (Lipinski definition) is 2. The van der Waals surface area contributed by atoms with Gasteiger partial charge in [0.2, 0.25) is 0 Å². The molecule has 1 saturated heterocycles. The van der Waals surface area contributed by atoms with Crippen LogP contribution in [0.3, 0.4) is 0 Å². The summed E-state index contributed by atoms with van der Waals surface area (Å²) in [7, 11) is 1.67. The summed E-state index contributed by atoms with van der Waals surface area (Å²) in [5.74, 6) is -1.14. The molecule has 6 nitrogen and oxygen atoms in total. The lowest BCUT2D eigenvalue weighted by Crippen LogP contribution is -2.37. The monoisotopic (exact) mass is 312 g/mol. The molecule has 1 aliphatic rings. The number of likely N-dealkylation sites (N-methyl/N-ethyl adjacent to an activating group) is 1. The van der Waals surface area contributed by atoms with Gasteiger partial charge in [0.05, 0.1) is 16.7 Å². The zero-order valence-corrected chi connectivity index (χ0v) is 12.4. The van der Waals surface area contributed by atoms with Gasteiger partial charge in [0, 0.05) is 25.9 Å². The summed E-state index contributed by atoms with van der Waals surface area (Å²) in [5, 5.41) is 11.8. The Labute approximate surface area is 127 Å². The minimum atomic E-state index is -1.14. The number of urea groups is 1. The fourth-order valence-corrected chi connectivity index (χ4v) is 2.36. The second-order valence-electron chi connectivity index (χ2n) is 4.95.